The molecule has 0 radical (unpaired) electrons. The fourth-order valence-electron chi connectivity index (χ4n) is 2.97. The number of hydrogen-bond donors (Lipinski definition) is 1. The molecule has 1 atom stereocenters. The van der Waals surface area contributed by atoms with Crippen LogP contribution in [0.1, 0.15) is 0 Å². The van der Waals surface area contributed by atoms with E-state index in [0.717, 1.165) is 5.56 Å². The predicted molar refractivity (Wildman–Crippen MR) is 81.6 cm³/mol. The highest BCUT2D eigenvalue weighted by Crippen LogP contribution is 2.19. The molecule has 1 unspecified atom stereocenters. The van der Waals surface area contributed by atoms with Crippen molar-refractivity contribution in [2.24, 2.45) is 0 Å². The van der Waals surface area contributed by atoms with Gasteiger partial charge in [0.2, 0.25) is 5.91 Å². The number of nitrogens with one attached hydrogen (secondary N) is 1. The number of aromatic nitrogens is 4. The minimum atomic E-state index is -0.0395. The van der Waals surface area contributed by atoms with E-state index >= 15 is 0 Å². The fraction of sp³-hybridized carbons (Fsp3) is 0.462. The van der Waals surface area contributed by atoms with Gasteiger partial charge in [0.15, 0.2) is 5.82 Å². The molecule has 2 aliphatic heterocycles. The summed E-state index contributed by atoms with van der Waals surface area (Å²) in [5, 5.41) is 18.3. The zero-order chi connectivity index (χ0) is 15.8. The molecule has 2 aromatic heterocycles. The number of amides is 3. The lowest BCUT2D eigenvalue weighted by Crippen LogP contribution is -2.54. The van der Waals surface area contributed by atoms with Crippen LogP contribution in [0, 0.1) is 0 Å². The Morgan fingerprint density at radius 3 is 3.17 bits per heavy atom. The third-order valence-corrected chi connectivity index (χ3v) is 4.86. The van der Waals surface area contributed by atoms with Crippen molar-refractivity contribution in [3.05, 3.63) is 16.8 Å². The Morgan fingerprint density at radius 2 is 2.35 bits per heavy atom. The van der Waals surface area contributed by atoms with E-state index in [1.54, 1.807) is 21.1 Å². The monoisotopic (exact) mass is 333 g/mol. The molecule has 0 spiro atoms. The number of thiophene rings is 1. The molecule has 3 amide bonds. The van der Waals surface area contributed by atoms with E-state index in [9.17, 15) is 9.59 Å². The van der Waals surface area contributed by atoms with E-state index in [1.807, 2.05) is 16.8 Å². The molecule has 4 rings (SSSR count). The molecule has 2 aliphatic rings. The van der Waals surface area contributed by atoms with Crippen molar-refractivity contribution in [3.8, 4) is 11.4 Å². The third kappa shape index (κ3) is 2.54. The highest BCUT2D eigenvalue weighted by Gasteiger charge is 2.36. The zero-order valence-corrected chi connectivity index (χ0v) is 13.1. The molecule has 0 aliphatic carbocycles. The Hall–Kier alpha value is -2.49. The Bertz CT molecular complexity index is 729. The quantitative estimate of drug-likeness (QED) is 0.827. The summed E-state index contributed by atoms with van der Waals surface area (Å²) in [6.07, 6.45) is 0. The van der Waals surface area contributed by atoms with Crippen molar-refractivity contribution in [2.45, 2.75) is 12.6 Å². The van der Waals surface area contributed by atoms with Gasteiger partial charge in [-0.2, -0.15) is 11.3 Å². The van der Waals surface area contributed by atoms with E-state index in [0.29, 0.717) is 32.0 Å². The number of urea groups is 1. The second kappa shape index (κ2) is 5.61. The second-order valence-corrected chi connectivity index (χ2v) is 6.33. The maximum Gasteiger partial charge on any atom is 0.317 e. The van der Waals surface area contributed by atoms with Crippen molar-refractivity contribution < 1.29 is 9.59 Å². The predicted octanol–water partition coefficient (Wildman–Crippen LogP) is -0.362. The van der Waals surface area contributed by atoms with Crippen molar-refractivity contribution in [2.75, 3.05) is 26.2 Å². The van der Waals surface area contributed by atoms with Gasteiger partial charge in [-0.05, 0) is 21.9 Å². The average Bonchev–Trinajstić information content (AvgIpc) is 3.28. The van der Waals surface area contributed by atoms with Gasteiger partial charge in [-0.1, -0.05) is 0 Å². The summed E-state index contributed by atoms with van der Waals surface area (Å²) in [6.45, 7) is 2.35. The highest BCUT2D eigenvalue weighted by atomic mass is 32.1. The van der Waals surface area contributed by atoms with Crippen LogP contribution >= 0.6 is 11.3 Å². The lowest BCUT2D eigenvalue weighted by atomic mass is 10.2. The Labute approximate surface area is 135 Å². The fourth-order valence-corrected chi connectivity index (χ4v) is 3.60. The van der Waals surface area contributed by atoms with E-state index < -0.39 is 0 Å². The maximum absolute atomic E-state index is 12.5. The second-order valence-electron chi connectivity index (χ2n) is 5.55. The van der Waals surface area contributed by atoms with Crippen LogP contribution in [0.2, 0.25) is 0 Å². The van der Waals surface area contributed by atoms with Gasteiger partial charge in [0.1, 0.15) is 6.54 Å². The number of hydrogen-bond acceptors (Lipinski definition) is 6. The van der Waals surface area contributed by atoms with Crippen LogP contribution in [0.3, 0.4) is 0 Å². The molecular formula is C13H15N7O2S. The number of piperazine rings is 1. The van der Waals surface area contributed by atoms with Gasteiger partial charge in [-0.15, -0.1) is 5.10 Å². The molecule has 120 valence electrons. The normalized spacial score (nSPS) is 20.5. The molecule has 9 nitrogen and oxygen atoms in total. The van der Waals surface area contributed by atoms with Crippen molar-refractivity contribution in [1.29, 1.82) is 0 Å². The smallest absolute Gasteiger partial charge is 0.317 e. The molecule has 0 bridgehead atoms. The summed E-state index contributed by atoms with van der Waals surface area (Å²) in [4.78, 5) is 27.7. The number of carbonyl (C=O) groups is 2. The first-order valence-electron chi connectivity index (χ1n) is 7.33. The summed E-state index contributed by atoms with van der Waals surface area (Å²) in [6, 6.07) is 1.94. The number of nitrogens with zero attached hydrogens (tertiary/aromatic N) is 6. The van der Waals surface area contributed by atoms with Gasteiger partial charge in [0.05, 0.1) is 6.04 Å². The Balaban J connectivity index is 1.45. The summed E-state index contributed by atoms with van der Waals surface area (Å²) in [7, 11) is 0. The zero-order valence-electron chi connectivity index (χ0n) is 12.3. The van der Waals surface area contributed by atoms with Crippen LogP contribution in [-0.2, 0) is 11.3 Å². The Morgan fingerprint density at radius 1 is 1.43 bits per heavy atom. The lowest BCUT2D eigenvalue weighted by molar-refractivity contribution is -0.134. The van der Waals surface area contributed by atoms with Crippen LogP contribution in [0.5, 0.6) is 0 Å². The molecular weight excluding hydrogens is 318 g/mol. The van der Waals surface area contributed by atoms with Gasteiger partial charge in [-0.25, -0.2) is 9.48 Å². The highest BCUT2D eigenvalue weighted by molar-refractivity contribution is 7.08. The average molecular weight is 333 g/mol. The van der Waals surface area contributed by atoms with E-state index in [4.69, 9.17) is 0 Å². The van der Waals surface area contributed by atoms with Crippen LogP contribution in [-0.4, -0.2) is 74.2 Å². The van der Waals surface area contributed by atoms with Crippen LogP contribution in [0.4, 0.5) is 4.79 Å². The third-order valence-electron chi connectivity index (χ3n) is 4.18. The van der Waals surface area contributed by atoms with E-state index in [-0.39, 0.29) is 24.5 Å². The van der Waals surface area contributed by atoms with Crippen molar-refractivity contribution >= 4 is 23.3 Å². The first-order valence-corrected chi connectivity index (χ1v) is 8.27. The van der Waals surface area contributed by atoms with Gasteiger partial charge in [-0.3, -0.25) is 4.79 Å². The molecule has 1 N–H and O–H groups in total. The summed E-state index contributed by atoms with van der Waals surface area (Å²) < 4.78 is 1.52. The lowest BCUT2D eigenvalue weighted by Gasteiger charge is -2.36. The molecule has 10 heteroatoms. The standard InChI is InChI=1S/C13H15N7O2S/c21-11(18-2-3-19-10(6-18)5-14-13(19)22)7-20-12(15-16-17-20)9-1-4-23-8-9/h1,4,8,10H,2-3,5-7H2,(H,14,22). The first-order chi connectivity index (χ1) is 11.2. The first kappa shape index (κ1) is 14.1. The number of fused-ring (bicyclic) bond motifs is 1. The van der Waals surface area contributed by atoms with Crippen LogP contribution < -0.4 is 5.32 Å². The molecule has 2 saturated heterocycles. The minimum Gasteiger partial charge on any atom is -0.337 e. The molecule has 2 aromatic rings. The number of rotatable bonds is 3. The van der Waals surface area contributed by atoms with Crippen molar-refractivity contribution in [1.82, 2.24) is 35.3 Å². The number of tetrazole rings is 1. The van der Waals surface area contributed by atoms with Crippen LogP contribution in [0.25, 0.3) is 11.4 Å². The SMILES string of the molecule is O=C(Cn1nnnc1-c1ccsc1)N1CCN2C(=O)NCC2C1. The van der Waals surface area contributed by atoms with Gasteiger partial charge in [0.25, 0.3) is 0 Å². The molecule has 2 fully saturated rings. The van der Waals surface area contributed by atoms with Crippen molar-refractivity contribution in [3.63, 3.8) is 0 Å². The van der Waals surface area contributed by atoms with E-state index in [1.165, 1.54) is 4.68 Å². The number of carbonyl (C=O) groups excluding carboxylic acids is 2. The van der Waals surface area contributed by atoms with Crippen LogP contribution in [0.15, 0.2) is 16.8 Å². The minimum absolute atomic E-state index is 0.0345. The van der Waals surface area contributed by atoms with E-state index in [2.05, 4.69) is 20.8 Å². The summed E-state index contributed by atoms with van der Waals surface area (Å²) in [5.74, 6) is 0.559. The van der Waals surface area contributed by atoms with Gasteiger partial charge >= 0.3 is 6.03 Å². The maximum atomic E-state index is 12.5. The summed E-state index contributed by atoms with van der Waals surface area (Å²) in [5.41, 5.74) is 0.906. The molecule has 4 heterocycles. The molecule has 0 saturated carbocycles. The summed E-state index contributed by atoms with van der Waals surface area (Å²) >= 11 is 1.56. The topological polar surface area (TPSA) is 96.2 Å². The Kier molecular flexibility index (Phi) is 3.45. The molecule has 23 heavy (non-hydrogen) atoms. The molecule has 0 aromatic carbocycles. The van der Waals surface area contributed by atoms with Gasteiger partial charge < -0.3 is 15.1 Å². The largest absolute Gasteiger partial charge is 0.337 e. The van der Waals surface area contributed by atoms with Gasteiger partial charge in [0, 0.05) is 37.1 Å².